The van der Waals surface area contributed by atoms with Crippen LogP contribution in [0, 0.1) is 0 Å². The van der Waals surface area contributed by atoms with E-state index in [0.29, 0.717) is 31.6 Å². The van der Waals surface area contributed by atoms with Crippen LogP contribution in [-0.4, -0.2) is 53.7 Å². The average molecular weight is 289 g/mol. The minimum absolute atomic E-state index is 0.0261. The summed E-state index contributed by atoms with van der Waals surface area (Å²) in [5, 5.41) is 16.7. The second-order valence-corrected chi connectivity index (χ2v) is 5.32. The molecule has 0 radical (unpaired) electrons. The lowest BCUT2D eigenvalue weighted by atomic mass is 10.1. The fourth-order valence-corrected chi connectivity index (χ4v) is 2.21. The van der Waals surface area contributed by atoms with Crippen molar-refractivity contribution < 1.29 is 19.5 Å². The summed E-state index contributed by atoms with van der Waals surface area (Å²) in [5.74, 6) is -0.403. The van der Waals surface area contributed by atoms with Gasteiger partial charge in [0.1, 0.15) is 6.04 Å². The van der Waals surface area contributed by atoms with Crippen molar-refractivity contribution in [1.82, 2.24) is 16.0 Å². The van der Waals surface area contributed by atoms with E-state index in [1.54, 1.807) is 0 Å². The number of carbonyl (C=O) groups excluding carboxylic acids is 2. The van der Waals surface area contributed by atoms with Crippen molar-refractivity contribution in [3.8, 4) is 0 Å². The summed E-state index contributed by atoms with van der Waals surface area (Å²) in [6.07, 6.45) is 3.20. The van der Waals surface area contributed by atoms with Crippen LogP contribution in [0.3, 0.4) is 0 Å². The van der Waals surface area contributed by atoms with Gasteiger partial charge in [0, 0.05) is 19.0 Å². The van der Waals surface area contributed by atoms with E-state index in [9.17, 15) is 14.4 Å². The standard InChI is InChI=1S/C11H19N3O4S/c1-19-5-4-8(10(16)17)14-11(18)13-7-2-3-9(15)12-6-7/h7-8H,2-6H2,1H3,(H,12,15)(H,16,17)(H2,13,14,18)/t7?,8-/m0/s1. The maximum absolute atomic E-state index is 11.7. The number of hydrogen-bond donors (Lipinski definition) is 4. The van der Waals surface area contributed by atoms with E-state index in [2.05, 4.69) is 16.0 Å². The lowest BCUT2D eigenvalue weighted by Crippen LogP contribution is -2.53. The third-order valence-electron chi connectivity index (χ3n) is 2.81. The van der Waals surface area contributed by atoms with Gasteiger partial charge in [-0.25, -0.2) is 9.59 Å². The van der Waals surface area contributed by atoms with Crippen molar-refractivity contribution in [2.75, 3.05) is 18.6 Å². The second-order valence-electron chi connectivity index (χ2n) is 4.33. The van der Waals surface area contributed by atoms with Gasteiger partial charge >= 0.3 is 12.0 Å². The summed E-state index contributed by atoms with van der Waals surface area (Å²) in [6, 6.07) is -1.53. The van der Waals surface area contributed by atoms with Gasteiger partial charge in [0.25, 0.3) is 0 Å². The Kier molecular flexibility index (Phi) is 6.48. The third kappa shape index (κ3) is 5.82. The number of thioether (sulfide) groups is 1. The Balaban J connectivity index is 2.35. The Hall–Kier alpha value is -1.44. The van der Waals surface area contributed by atoms with Gasteiger partial charge in [0.05, 0.1) is 0 Å². The monoisotopic (exact) mass is 289 g/mol. The molecule has 0 saturated carbocycles. The maximum atomic E-state index is 11.7. The van der Waals surface area contributed by atoms with Crippen molar-refractivity contribution in [1.29, 1.82) is 0 Å². The second kappa shape index (κ2) is 7.88. The summed E-state index contributed by atoms with van der Waals surface area (Å²) in [7, 11) is 0. The van der Waals surface area contributed by atoms with E-state index in [0.717, 1.165) is 0 Å². The molecule has 0 aliphatic carbocycles. The Morgan fingerprint density at radius 2 is 2.32 bits per heavy atom. The zero-order valence-electron chi connectivity index (χ0n) is 10.8. The Morgan fingerprint density at radius 3 is 2.84 bits per heavy atom. The number of nitrogens with one attached hydrogen (secondary N) is 3. The number of aliphatic carboxylic acids is 1. The van der Waals surface area contributed by atoms with Gasteiger partial charge in [-0.15, -0.1) is 0 Å². The van der Waals surface area contributed by atoms with Crippen LogP contribution in [0.5, 0.6) is 0 Å². The first-order valence-corrected chi connectivity index (χ1v) is 7.47. The van der Waals surface area contributed by atoms with Crippen molar-refractivity contribution in [3.05, 3.63) is 0 Å². The largest absolute Gasteiger partial charge is 0.480 e. The first-order valence-electron chi connectivity index (χ1n) is 6.08. The van der Waals surface area contributed by atoms with Gasteiger partial charge in [-0.3, -0.25) is 4.79 Å². The summed E-state index contributed by atoms with van der Waals surface area (Å²) in [5.41, 5.74) is 0. The number of carbonyl (C=O) groups is 3. The highest BCUT2D eigenvalue weighted by Gasteiger charge is 2.23. The average Bonchev–Trinajstić information content (AvgIpc) is 2.37. The molecule has 19 heavy (non-hydrogen) atoms. The molecule has 4 N–H and O–H groups in total. The summed E-state index contributed by atoms with van der Waals surface area (Å²) in [4.78, 5) is 33.6. The quantitative estimate of drug-likeness (QED) is 0.540. The fourth-order valence-electron chi connectivity index (χ4n) is 1.73. The van der Waals surface area contributed by atoms with Crippen LogP contribution in [0.1, 0.15) is 19.3 Å². The van der Waals surface area contributed by atoms with Crippen LogP contribution >= 0.6 is 11.8 Å². The molecule has 1 saturated heterocycles. The topological polar surface area (TPSA) is 108 Å². The van der Waals surface area contributed by atoms with Crippen LogP contribution in [0.25, 0.3) is 0 Å². The van der Waals surface area contributed by atoms with Crippen LogP contribution in [-0.2, 0) is 9.59 Å². The van der Waals surface area contributed by atoms with Crippen LogP contribution in [0.2, 0.25) is 0 Å². The predicted molar refractivity (Wildman–Crippen MR) is 72.1 cm³/mol. The summed E-state index contributed by atoms with van der Waals surface area (Å²) in [6.45, 7) is 0.384. The van der Waals surface area contributed by atoms with Gasteiger partial charge in [-0.05, 0) is 24.9 Å². The SMILES string of the molecule is CSCC[C@H](NC(=O)NC1CCC(=O)NC1)C(=O)O. The molecular formula is C11H19N3O4S. The third-order valence-corrected chi connectivity index (χ3v) is 3.46. The Bertz CT molecular complexity index is 341. The highest BCUT2D eigenvalue weighted by Crippen LogP contribution is 2.04. The summed E-state index contributed by atoms with van der Waals surface area (Å²) >= 11 is 1.53. The number of carboxylic acids is 1. The van der Waals surface area contributed by atoms with E-state index in [4.69, 9.17) is 5.11 Å². The molecule has 1 heterocycles. The summed E-state index contributed by atoms with van der Waals surface area (Å²) < 4.78 is 0. The van der Waals surface area contributed by atoms with Crippen LogP contribution in [0.15, 0.2) is 0 Å². The smallest absolute Gasteiger partial charge is 0.326 e. The van der Waals surface area contributed by atoms with Gasteiger partial charge < -0.3 is 21.1 Å². The lowest BCUT2D eigenvalue weighted by molar-refractivity contribution is -0.139. The first kappa shape index (κ1) is 15.6. The molecule has 0 aromatic carbocycles. The molecule has 7 nitrogen and oxygen atoms in total. The predicted octanol–water partition coefficient (Wildman–Crippen LogP) is -0.229. The molecule has 8 heteroatoms. The molecule has 3 amide bonds. The normalized spacial score (nSPS) is 20.3. The first-order chi connectivity index (χ1) is 9.02. The van der Waals surface area contributed by atoms with E-state index >= 15 is 0 Å². The van der Waals surface area contributed by atoms with Crippen LogP contribution < -0.4 is 16.0 Å². The van der Waals surface area contributed by atoms with Gasteiger partial charge in [0.15, 0.2) is 0 Å². The molecule has 2 atom stereocenters. The molecule has 0 aromatic heterocycles. The molecular weight excluding hydrogens is 270 g/mol. The van der Waals surface area contributed by atoms with E-state index in [1.807, 2.05) is 6.26 Å². The number of hydrogen-bond acceptors (Lipinski definition) is 4. The van der Waals surface area contributed by atoms with E-state index in [1.165, 1.54) is 11.8 Å². The number of urea groups is 1. The number of rotatable bonds is 6. The zero-order valence-corrected chi connectivity index (χ0v) is 11.6. The van der Waals surface area contributed by atoms with Crippen molar-refractivity contribution >= 4 is 29.7 Å². The molecule has 1 aliphatic heterocycles. The molecule has 0 spiro atoms. The van der Waals surface area contributed by atoms with Crippen molar-refractivity contribution in [3.63, 3.8) is 0 Å². The molecule has 1 fully saturated rings. The molecule has 108 valence electrons. The van der Waals surface area contributed by atoms with Crippen LogP contribution in [0.4, 0.5) is 4.79 Å². The van der Waals surface area contributed by atoms with Crippen molar-refractivity contribution in [2.45, 2.75) is 31.3 Å². The number of piperidine rings is 1. The fraction of sp³-hybridized carbons (Fsp3) is 0.727. The molecule has 0 bridgehead atoms. The van der Waals surface area contributed by atoms with E-state index < -0.39 is 18.0 Å². The van der Waals surface area contributed by atoms with E-state index in [-0.39, 0.29) is 11.9 Å². The van der Waals surface area contributed by atoms with Gasteiger partial charge in [-0.1, -0.05) is 0 Å². The number of carboxylic acid groups (broad SMARTS) is 1. The Labute approximate surface area is 115 Å². The van der Waals surface area contributed by atoms with Crippen molar-refractivity contribution in [2.24, 2.45) is 0 Å². The highest BCUT2D eigenvalue weighted by molar-refractivity contribution is 7.98. The molecule has 1 rings (SSSR count). The number of amides is 3. The van der Waals surface area contributed by atoms with Gasteiger partial charge in [-0.2, -0.15) is 11.8 Å². The minimum Gasteiger partial charge on any atom is -0.480 e. The molecule has 0 aromatic rings. The lowest BCUT2D eigenvalue weighted by Gasteiger charge is -2.24. The molecule has 1 aliphatic rings. The minimum atomic E-state index is -1.04. The molecule has 1 unspecified atom stereocenters. The highest BCUT2D eigenvalue weighted by atomic mass is 32.2. The maximum Gasteiger partial charge on any atom is 0.326 e. The Morgan fingerprint density at radius 1 is 1.58 bits per heavy atom. The van der Waals surface area contributed by atoms with Gasteiger partial charge in [0.2, 0.25) is 5.91 Å². The zero-order chi connectivity index (χ0) is 14.3.